The van der Waals surface area contributed by atoms with E-state index in [9.17, 15) is 13.2 Å². The first kappa shape index (κ1) is 23.7. The lowest BCUT2D eigenvalue weighted by atomic mass is 10.2. The van der Waals surface area contributed by atoms with Gasteiger partial charge in [-0.3, -0.25) is 9.52 Å². The third-order valence-electron chi connectivity index (χ3n) is 3.87. The molecule has 2 aromatic carbocycles. The van der Waals surface area contributed by atoms with Gasteiger partial charge in [0.15, 0.2) is 0 Å². The molecule has 0 saturated heterocycles. The van der Waals surface area contributed by atoms with Gasteiger partial charge in [-0.15, -0.1) is 12.4 Å². The van der Waals surface area contributed by atoms with Gasteiger partial charge >= 0.3 is 0 Å². The average molecular weight is 428 g/mol. The predicted molar refractivity (Wildman–Crippen MR) is 113 cm³/mol. The molecule has 2 N–H and O–H groups in total. The van der Waals surface area contributed by atoms with Crippen LogP contribution in [0.5, 0.6) is 5.75 Å². The average Bonchev–Trinajstić information content (AvgIpc) is 2.66. The first-order valence-electron chi connectivity index (χ1n) is 8.63. The molecule has 0 radical (unpaired) electrons. The van der Waals surface area contributed by atoms with Crippen LogP contribution in [-0.4, -0.2) is 53.0 Å². The SMILES string of the molecule is CCOc1ccc(S(=O)(=O)Nc2ccc(C(=O)N(C)CCNC)cc2)cc1.Cl. The molecule has 0 unspecified atom stereocenters. The van der Waals surface area contributed by atoms with E-state index in [4.69, 9.17) is 4.74 Å². The molecule has 1 amide bonds. The van der Waals surface area contributed by atoms with Crippen LogP contribution in [0.25, 0.3) is 0 Å². The maximum Gasteiger partial charge on any atom is 0.261 e. The van der Waals surface area contributed by atoms with Crippen LogP contribution in [0, 0.1) is 0 Å². The number of hydrogen-bond donors (Lipinski definition) is 2. The maximum atomic E-state index is 12.5. The Bertz CT molecular complexity index is 856. The lowest BCUT2D eigenvalue weighted by Gasteiger charge is -2.17. The minimum Gasteiger partial charge on any atom is -0.494 e. The standard InChI is InChI=1S/C19H25N3O4S.ClH/c1-4-26-17-9-11-18(12-10-17)27(24,25)21-16-7-5-15(6-8-16)19(23)22(3)14-13-20-2;/h5-12,20-21H,4,13-14H2,1-3H3;1H. The minimum absolute atomic E-state index is 0. The Labute approximate surface area is 172 Å². The fraction of sp³-hybridized carbons (Fsp3) is 0.316. The number of sulfonamides is 1. The molecule has 0 aromatic heterocycles. The summed E-state index contributed by atoms with van der Waals surface area (Å²) in [6.45, 7) is 3.66. The summed E-state index contributed by atoms with van der Waals surface area (Å²) in [6, 6.07) is 12.6. The number of halogens is 1. The lowest BCUT2D eigenvalue weighted by molar-refractivity contribution is 0.0797. The van der Waals surface area contributed by atoms with E-state index < -0.39 is 10.0 Å². The minimum atomic E-state index is -3.72. The molecular formula is C19H26ClN3O4S. The van der Waals surface area contributed by atoms with Crippen LogP contribution in [-0.2, 0) is 10.0 Å². The van der Waals surface area contributed by atoms with E-state index in [2.05, 4.69) is 10.0 Å². The van der Waals surface area contributed by atoms with Crippen molar-refractivity contribution in [2.45, 2.75) is 11.8 Å². The van der Waals surface area contributed by atoms with Crippen molar-refractivity contribution in [3.05, 3.63) is 54.1 Å². The van der Waals surface area contributed by atoms with Gasteiger partial charge < -0.3 is 15.0 Å². The van der Waals surface area contributed by atoms with Crippen molar-refractivity contribution >= 4 is 34.0 Å². The smallest absolute Gasteiger partial charge is 0.261 e. The third kappa shape index (κ3) is 6.40. The molecule has 0 aliphatic carbocycles. The Kier molecular flexibility index (Phi) is 9.24. The quantitative estimate of drug-likeness (QED) is 0.642. The number of likely N-dealkylation sites (N-methyl/N-ethyl adjacent to an activating group) is 2. The van der Waals surface area contributed by atoms with Gasteiger partial charge in [-0.2, -0.15) is 0 Å². The number of nitrogens with zero attached hydrogens (tertiary/aromatic N) is 1. The van der Waals surface area contributed by atoms with Gasteiger partial charge in [0.1, 0.15) is 5.75 Å². The summed E-state index contributed by atoms with van der Waals surface area (Å²) in [6.07, 6.45) is 0. The zero-order valence-corrected chi connectivity index (χ0v) is 17.8. The Hall–Kier alpha value is -2.29. The number of hydrogen-bond acceptors (Lipinski definition) is 5. The van der Waals surface area contributed by atoms with E-state index in [1.807, 2.05) is 14.0 Å². The van der Waals surface area contributed by atoms with E-state index in [-0.39, 0.29) is 23.2 Å². The third-order valence-corrected chi connectivity index (χ3v) is 5.27. The van der Waals surface area contributed by atoms with E-state index in [1.165, 1.54) is 12.1 Å². The van der Waals surface area contributed by atoms with Gasteiger partial charge in [0, 0.05) is 31.4 Å². The van der Waals surface area contributed by atoms with Gasteiger partial charge in [0.05, 0.1) is 11.5 Å². The molecule has 0 aliphatic heterocycles. The molecule has 2 rings (SSSR count). The first-order chi connectivity index (χ1) is 12.9. The van der Waals surface area contributed by atoms with Crippen molar-refractivity contribution in [1.29, 1.82) is 0 Å². The predicted octanol–water partition coefficient (Wildman–Crippen LogP) is 2.60. The monoisotopic (exact) mass is 427 g/mol. The Balaban J connectivity index is 0.00000392. The number of rotatable bonds is 9. The highest BCUT2D eigenvalue weighted by atomic mass is 35.5. The van der Waals surface area contributed by atoms with Gasteiger partial charge in [-0.1, -0.05) is 0 Å². The van der Waals surface area contributed by atoms with Gasteiger partial charge in [0.25, 0.3) is 15.9 Å². The first-order valence-corrected chi connectivity index (χ1v) is 10.1. The molecule has 0 fully saturated rings. The van der Waals surface area contributed by atoms with E-state index in [0.717, 1.165) is 0 Å². The van der Waals surface area contributed by atoms with Crippen LogP contribution >= 0.6 is 12.4 Å². The molecule has 0 aliphatic rings. The highest BCUT2D eigenvalue weighted by Gasteiger charge is 2.15. The summed E-state index contributed by atoms with van der Waals surface area (Å²) in [5.74, 6) is 0.493. The van der Waals surface area contributed by atoms with Gasteiger partial charge in [0.2, 0.25) is 0 Å². The summed E-state index contributed by atoms with van der Waals surface area (Å²) in [5, 5.41) is 2.99. The number of carbonyl (C=O) groups excluding carboxylic acids is 1. The van der Waals surface area contributed by atoms with Crippen molar-refractivity contribution in [2.24, 2.45) is 0 Å². The van der Waals surface area contributed by atoms with Crippen LogP contribution < -0.4 is 14.8 Å². The second-order valence-corrected chi connectivity index (χ2v) is 7.60. The van der Waals surface area contributed by atoms with Crippen molar-refractivity contribution in [2.75, 3.05) is 38.5 Å². The van der Waals surface area contributed by atoms with E-state index >= 15 is 0 Å². The summed E-state index contributed by atoms with van der Waals surface area (Å²) >= 11 is 0. The van der Waals surface area contributed by atoms with Gasteiger partial charge in [-0.25, -0.2) is 8.42 Å². The van der Waals surface area contributed by atoms with Crippen molar-refractivity contribution in [3.8, 4) is 5.75 Å². The van der Waals surface area contributed by atoms with Crippen LogP contribution in [0.1, 0.15) is 17.3 Å². The second kappa shape index (κ2) is 10.9. The van der Waals surface area contributed by atoms with Crippen molar-refractivity contribution in [3.63, 3.8) is 0 Å². The summed E-state index contributed by atoms with van der Waals surface area (Å²) < 4.78 is 32.8. The molecular weight excluding hydrogens is 402 g/mol. The molecule has 154 valence electrons. The number of ether oxygens (including phenoxy) is 1. The molecule has 2 aromatic rings. The van der Waals surface area contributed by atoms with E-state index in [0.29, 0.717) is 36.7 Å². The summed E-state index contributed by atoms with van der Waals surface area (Å²) in [4.78, 5) is 14.0. The van der Waals surface area contributed by atoms with Crippen molar-refractivity contribution < 1.29 is 17.9 Å². The van der Waals surface area contributed by atoms with Crippen LogP contribution in [0.15, 0.2) is 53.4 Å². The molecule has 28 heavy (non-hydrogen) atoms. The number of anilines is 1. The fourth-order valence-electron chi connectivity index (χ4n) is 2.38. The van der Waals surface area contributed by atoms with Crippen LogP contribution in [0.4, 0.5) is 5.69 Å². The molecule has 0 atom stereocenters. The molecule has 9 heteroatoms. The fourth-order valence-corrected chi connectivity index (χ4v) is 3.44. The lowest BCUT2D eigenvalue weighted by Crippen LogP contribution is -2.32. The van der Waals surface area contributed by atoms with Crippen LogP contribution in [0.3, 0.4) is 0 Å². The zero-order chi connectivity index (χ0) is 19.9. The molecule has 0 saturated carbocycles. The summed E-state index contributed by atoms with van der Waals surface area (Å²) in [7, 11) is -0.168. The van der Waals surface area contributed by atoms with Crippen molar-refractivity contribution in [1.82, 2.24) is 10.2 Å². The Morgan fingerprint density at radius 1 is 1.07 bits per heavy atom. The number of carbonyl (C=O) groups is 1. The number of nitrogens with one attached hydrogen (secondary N) is 2. The number of amides is 1. The normalized spacial score (nSPS) is 10.7. The number of benzene rings is 2. The molecule has 7 nitrogen and oxygen atoms in total. The van der Waals surface area contributed by atoms with Crippen LogP contribution in [0.2, 0.25) is 0 Å². The van der Waals surface area contributed by atoms with Gasteiger partial charge in [-0.05, 0) is 62.5 Å². The zero-order valence-electron chi connectivity index (χ0n) is 16.1. The largest absolute Gasteiger partial charge is 0.494 e. The highest BCUT2D eigenvalue weighted by molar-refractivity contribution is 7.92. The second-order valence-electron chi connectivity index (χ2n) is 5.92. The van der Waals surface area contributed by atoms with E-state index in [1.54, 1.807) is 48.3 Å². The highest BCUT2D eigenvalue weighted by Crippen LogP contribution is 2.20. The summed E-state index contributed by atoms with van der Waals surface area (Å²) in [5.41, 5.74) is 0.885. The molecule has 0 heterocycles. The maximum absolute atomic E-state index is 12.5. The Morgan fingerprint density at radius 3 is 2.21 bits per heavy atom. The molecule has 0 spiro atoms. The topological polar surface area (TPSA) is 87.7 Å². The Morgan fingerprint density at radius 2 is 1.68 bits per heavy atom. The molecule has 0 bridgehead atoms.